The van der Waals surface area contributed by atoms with E-state index in [9.17, 15) is 9.59 Å². The maximum absolute atomic E-state index is 12.7. The normalized spacial score (nSPS) is 10.2. The molecule has 7 nitrogen and oxygen atoms in total. The molecule has 0 saturated heterocycles. The fraction of sp³-hybridized carbons (Fsp3) is 0.167. The van der Waals surface area contributed by atoms with Gasteiger partial charge < -0.3 is 24.4 Å². The minimum absolute atomic E-state index is 0.145. The molecule has 0 aliphatic carbocycles. The second-order valence-corrected chi connectivity index (χ2v) is 6.65. The Kier molecular flexibility index (Phi) is 6.77. The zero-order valence-corrected chi connectivity index (χ0v) is 17.8. The topological polar surface area (TPSA) is 77.1 Å². The average molecular weight is 420 g/mol. The van der Waals surface area contributed by atoms with Crippen molar-refractivity contribution >= 4 is 23.2 Å². The van der Waals surface area contributed by atoms with E-state index in [1.165, 1.54) is 21.3 Å². The van der Waals surface area contributed by atoms with Gasteiger partial charge in [0.25, 0.3) is 11.8 Å². The van der Waals surface area contributed by atoms with Gasteiger partial charge in [0.2, 0.25) is 5.75 Å². The number of hydrogen-bond donors (Lipinski definition) is 1. The number of nitrogens with one attached hydrogen (secondary N) is 1. The van der Waals surface area contributed by atoms with Crippen molar-refractivity contribution in [3.05, 3.63) is 77.9 Å². The number of carbonyl (C=O) groups is 2. The van der Waals surface area contributed by atoms with E-state index < -0.39 is 0 Å². The minimum atomic E-state index is -0.347. The van der Waals surface area contributed by atoms with Crippen molar-refractivity contribution in [3.63, 3.8) is 0 Å². The van der Waals surface area contributed by atoms with E-state index >= 15 is 0 Å². The van der Waals surface area contributed by atoms with E-state index in [4.69, 9.17) is 14.2 Å². The first kappa shape index (κ1) is 21.7. The van der Waals surface area contributed by atoms with Gasteiger partial charge in [0.15, 0.2) is 11.5 Å². The third-order valence-corrected chi connectivity index (χ3v) is 4.76. The van der Waals surface area contributed by atoms with Gasteiger partial charge in [-0.3, -0.25) is 9.59 Å². The molecule has 3 aromatic carbocycles. The Morgan fingerprint density at radius 3 is 1.87 bits per heavy atom. The predicted molar refractivity (Wildman–Crippen MR) is 120 cm³/mol. The average Bonchev–Trinajstić information content (AvgIpc) is 2.83. The zero-order valence-electron chi connectivity index (χ0n) is 17.8. The summed E-state index contributed by atoms with van der Waals surface area (Å²) in [6.07, 6.45) is 0. The maximum Gasteiger partial charge on any atom is 0.258 e. The lowest BCUT2D eigenvalue weighted by Gasteiger charge is -2.17. The molecule has 0 atom stereocenters. The molecule has 0 spiro atoms. The van der Waals surface area contributed by atoms with E-state index in [-0.39, 0.29) is 11.8 Å². The number of nitrogens with zero attached hydrogens (tertiary/aromatic N) is 1. The van der Waals surface area contributed by atoms with Crippen molar-refractivity contribution in [3.8, 4) is 17.2 Å². The molecule has 0 aliphatic rings. The second-order valence-electron chi connectivity index (χ2n) is 6.65. The predicted octanol–water partition coefficient (Wildman–Crippen LogP) is 4.24. The van der Waals surface area contributed by atoms with E-state index in [0.717, 1.165) is 5.69 Å². The van der Waals surface area contributed by atoms with Gasteiger partial charge in [0.1, 0.15) is 0 Å². The van der Waals surface area contributed by atoms with Gasteiger partial charge >= 0.3 is 0 Å². The summed E-state index contributed by atoms with van der Waals surface area (Å²) < 4.78 is 15.9. The molecule has 0 saturated carbocycles. The maximum atomic E-state index is 12.7. The van der Waals surface area contributed by atoms with Gasteiger partial charge in [-0.05, 0) is 48.5 Å². The second kappa shape index (κ2) is 9.67. The molecular weight excluding hydrogens is 396 g/mol. The highest BCUT2D eigenvalue weighted by Crippen LogP contribution is 2.38. The SMILES string of the molecule is COc1cc(C(=O)Nc2ccc(C(=O)N(C)c3ccccc3)cc2)cc(OC)c1OC. The number of benzene rings is 3. The first-order valence-electron chi connectivity index (χ1n) is 9.53. The lowest BCUT2D eigenvalue weighted by Crippen LogP contribution is -2.26. The summed E-state index contributed by atoms with van der Waals surface area (Å²) in [5.41, 5.74) is 2.21. The summed E-state index contributed by atoms with van der Waals surface area (Å²) in [7, 11) is 6.19. The van der Waals surface area contributed by atoms with Gasteiger partial charge in [-0.2, -0.15) is 0 Å². The van der Waals surface area contributed by atoms with Crippen LogP contribution in [0.25, 0.3) is 0 Å². The van der Waals surface area contributed by atoms with Crippen LogP contribution in [0.3, 0.4) is 0 Å². The molecule has 0 aromatic heterocycles. The fourth-order valence-corrected chi connectivity index (χ4v) is 3.07. The Morgan fingerprint density at radius 2 is 1.35 bits per heavy atom. The number of methoxy groups -OCH3 is 3. The van der Waals surface area contributed by atoms with Crippen LogP contribution in [0.5, 0.6) is 17.2 Å². The highest BCUT2D eigenvalue weighted by molar-refractivity contribution is 6.07. The zero-order chi connectivity index (χ0) is 22.4. The van der Waals surface area contributed by atoms with Gasteiger partial charge in [0.05, 0.1) is 21.3 Å². The minimum Gasteiger partial charge on any atom is -0.493 e. The molecule has 31 heavy (non-hydrogen) atoms. The van der Waals surface area contributed by atoms with Crippen LogP contribution < -0.4 is 24.4 Å². The van der Waals surface area contributed by atoms with Crippen molar-refractivity contribution in [1.82, 2.24) is 0 Å². The number of ether oxygens (including phenoxy) is 3. The Hall–Kier alpha value is -4.00. The van der Waals surface area contributed by atoms with Gasteiger partial charge in [-0.15, -0.1) is 0 Å². The molecule has 3 rings (SSSR count). The van der Waals surface area contributed by atoms with Crippen molar-refractivity contribution in [2.24, 2.45) is 0 Å². The van der Waals surface area contributed by atoms with Gasteiger partial charge in [0, 0.05) is 29.5 Å². The molecule has 0 radical (unpaired) electrons. The first-order valence-corrected chi connectivity index (χ1v) is 9.53. The van der Waals surface area contributed by atoms with Crippen LogP contribution in [0.15, 0.2) is 66.7 Å². The lowest BCUT2D eigenvalue weighted by molar-refractivity contribution is 0.0991. The molecule has 7 heteroatoms. The van der Waals surface area contributed by atoms with Crippen LogP contribution in [0.1, 0.15) is 20.7 Å². The highest BCUT2D eigenvalue weighted by atomic mass is 16.5. The van der Waals surface area contributed by atoms with Crippen molar-refractivity contribution < 1.29 is 23.8 Å². The Labute approximate surface area is 181 Å². The summed E-state index contributed by atoms with van der Waals surface area (Å²) in [6.45, 7) is 0. The molecule has 0 heterocycles. The van der Waals surface area contributed by atoms with E-state index in [1.807, 2.05) is 30.3 Å². The molecule has 2 amide bonds. The van der Waals surface area contributed by atoms with Crippen molar-refractivity contribution in [1.29, 1.82) is 0 Å². The lowest BCUT2D eigenvalue weighted by atomic mass is 10.1. The molecular formula is C24H24N2O5. The number of rotatable bonds is 7. The first-order chi connectivity index (χ1) is 15.0. The molecule has 0 aliphatic heterocycles. The van der Waals surface area contributed by atoms with Crippen LogP contribution in [0.4, 0.5) is 11.4 Å². The third-order valence-electron chi connectivity index (χ3n) is 4.76. The van der Waals surface area contributed by atoms with Crippen LogP contribution in [0.2, 0.25) is 0 Å². The monoisotopic (exact) mass is 420 g/mol. The van der Waals surface area contributed by atoms with Crippen LogP contribution in [-0.4, -0.2) is 40.2 Å². The quantitative estimate of drug-likeness (QED) is 0.619. The Balaban J connectivity index is 1.75. The number of anilines is 2. The fourth-order valence-electron chi connectivity index (χ4n) is 3.07. The van der Waals surface area contributed by atoms with Crippen LogP contribution in [0, 0.1) is 0 Å². The summed E-state index contributed by atoms with van der Waals surface area (Å²) in [5.74, 6) is 0.689. The van der Waals surface area contributed by atoms with E-state index in [0.29, 0.717) is 34.1 Å². The summed E-state index contributed by atoms with van der Waals surface area (Å²) in [4.78, 5) is 27.0. The van der Waals surface area contributed by atoms with Crippen molar-refractivity contribution in [2.45, 2.75) is 0 Å². The number of amides is 2. The van der Waals surface area contributed by atoms with Crippen LogP contribution in [-0.2, 0) is 0 Å². The summed E-state index contributed by atoms with van der Waals surface area (Å²) in [6, 6.07) is 19.2. The smallest absolute Gasteiger partial charge is 0.258 e. The van der Waals surface area contributed by atoms with Crippen molar-refractivity contribution in [2.75, 3.05) is 38.6 Å². The molecule has 160 valence electrons. The van der Waals surface area contributed by atoms with E-state index in [2.05, 4.69) is 5.32 Å². The highest BCUT2D eigenvalue weighted by Gasteiger charge is 2.18. The van der Waals surface area contributed by atoms with Crippen LogP contribution >= 0.6 is 0 Å². The van der Waals surface area contributed by atoms with Gasteiger partial charge in [-0.1, -0.05) is 18.2 Å². The molecule has 0 fully saturated rings. The Bertz CT molecular complexity index is 1040. The standard InChI is InChI=1S/C24H24N2O5/c1-26(19-8-6-5-7-9-19)24(28)16-10-12-18(13-11-16)25-23(27)17-14-20(29-2)22(31-4)21(15-17)30-3/h5-15H,1-4H3,(H,25,27). The Morgan fingerprint density at radius 1 is 0.774 bits per heavy atom. The molecule has 3 aromatic rings. The molecule has 0 unspecified atom stereocenters. The summed E-state index contributed by atoms with van der Waals surface area (Å²) in [5, 5.41) is 2.81. The molecule has 1 N–H and O–H groups in total. The largest absolute Gasteiger partial charge is 0.493 e. The third kappa shape index (κ3) is 4.78. The number of hydrogen-bond acceptors (Lipinski definition) is 5. The van der Waals surface area contributed by atoms with E-state index in [1.54, 1.807) is 48.3 Å². The number of para-hydroxylation sites is 1. The van der Waals surface area contributed by atoms with Gasteiger partial charge in [-0.25, -0.2) is 0 Å². The number of carbonyl (C=O) groups excluding carboxylic acids is 2. The molecule has 0 bridgehead atoms. The summed E-state index contributed by atoms with van der Waals surface area (Å²) >= 11 is 0.